The predicted molar refractivity (Wildman–Crippen MR) is 94.5 cm³/mol. The van der Waals surface area contributed by atoms with E-state index in [1.54, 1.807) is 12.2 Å². The molecule has 0 radical (unpaired) electrons. The maximum Gasteiger partial charge on any atom is 1.00 e. The smallest absolute Gasteiger partial charge is 0.756 e. The Hall–Kier alpha value is -0.760. The van der Waals surface area contributed by atoms with Gasteiger partial charge in [0.25, 0.3) is 7.82 Å². The van der Waals surface area contributed by atoms with Crippen molar-refractivity contribution in [2.75, 3.05) is 13.5 Å². The maximum absolute atomic E-state index is 12.9. The van der Waals surface area contributed by atoms with Gasteiger partial charge in [-0.15, -0.1) is 0 Å². The normalized spacial score (nSPS) is 40.2. The molecule has 0 aromatic carbocycles. The minimum Gasteiger partial charge on any atom is -0.756 e. The molecule has 4 amide bonds. The number of phosphoric ester groups is 2. The van der Waals surface area contributed by atoms with Gasteiger partial charge >= 0.3 is 37.4 Å². The molecular formula is C16H17N2NaO12P2. The Labute approximate surface area is 208 Å². The second kappa shape index (κ2) is 8.14. The third-order valence-corrected chi connectivity index (χ3v) is 8.12. The molecule has 9 atom stereocenters. The molecule has 2 aliphatic heterocycles. The number of phosphoric acid groups is 2. The number of nitrogens with zero attached hydrogens (tertiary/aromatic N) is 2. The second-order valence-electron chi connectivity index (χ2n) is 8.48. The summed E-state index contributed by atoms with van der Waals surface area (Å²) in [4.78, 5) is 90.1. The van der Waals surface area contributed by atoms with Gasteiger partial charge in [0.05, 0.1) is 23.7 Å². The minimum absolute atomic E-state index is 0. The van der Waals surface area contributed by atoms with Crippen LogP contribution in [0, 0.1) is 47.3 Å². The van der Waals surface area contributed by atoms with Crippen LogP contribution >= 0.6 is 15.6 Å². The molecule has 3 N–H and O–H groups in total. The number of hydrogen-bond acceptors (Lipinski definition) is 9. The fraction of sp³-hybridized carbons (Fsp3) is 0.625. The summed E-state index contributed by atoms with van der Waals surface area (Å²) in [5, 5.41) is 0. The van der Waals surface area contributed by atoms with Gasteiger partial charge in [-0.3, -0.25) is 42.6 Å². The largest absolute Gasteiger partial charge is 1.00 e. The van der Waals surface area contributed by atoms with Crippen molar-refractivity contribution in [3.63, 3.8) is 0 Å². The summed E-state index contributed by atoms with van der Waals surface area (Å²) in [5.74, 6) is -8.03. The summed E-state index contributed by atoms with van der Waals surface area (Å²) >= 11 is 0. The zero-order valence-electron chi connectivity index (χ0n) is 17.0. The predicted octanol–water partition coefficient (Wildman–Crippen LogP) is -5.24. The minimum atomic E-state index is -5.16. The third-order valence-electron chi connectivity index (χ3n) is 7.23. The number of carbonyl (C=O) groups excluding carboxylic acids is 4. The van der Waals surface area contributed by atoms with E-state index >= 15 is 0 Å². The van der Waals surface area contributed by atoms with Crippen LogP contribution < -0.4 is 34.5 Å². The summed E-state index contributed by atoms with van der Waals surface area (Å²) < 4.78 is 30.4. The van der Waals surface area contributed by atoms with E-state index in [2.05, 4.69) is 9.05 Å². The van der Waals surface area contributed by atoms with Gasteiger partial charge in [-0.1, -0.05) is 12.2 Å². The molecule has 4 fully saturated rings. The van der Waals surface area contributed by atoms with Crippen molar-refractivity contribution >= 4 is 39.3 Å². The van der Waals surface area contributed by atoms with Crippen LogP contribution in [0.25, 0.3) is 0 Å². The SMILES string of the molecule is O=C1C2C3C=CC(C2C(=O)N1COP(=O)(O)O)C1C2C(=O)N(COP(=O)([O-])O)C(=O)C2C31.[Na+]. The van der Waals surface area contributed by atoms with Gasteiger partial charge in [0, 0.05) is 0 Å². The number of imide groups is 2. The Kier molecular flexibility index (Phi) is 6.25. The van der Waals surface area contributed by atoms with Crippen molar-refractivity contribution in [3.8, 4) is 0 Å². The number of carbonyl (C=O) groups is 4. The van der Waals surface area contributed by atoms with Crippen molar-refractivity contribution in [1.82, 2.24) is 9.80 Å². The first kappa shape index (κ1) is 25.3. The summed E-state index contributed by atoms with van der Waals surface area (Å²) in [5.41, 5.74) is 0. The first-order chi connectivity index (χ1) is 14.8. The topological polar surface area (TPSA) is 211 Å². The van der Waals surface area contributed by atoms with Crippen LogP contribution in [-0.4, -0.2) is 61.6 Å². The molecule has 6 aliphatic rings. The van der Waals surface area contributed by atoms with Gasteiger partial charge in [-0.2, -0.15) is 0 Å². The molecule has 174 valence electrons. The van der Waals surface area contributed by atoms with E-state index in [-0.39, 0.29) is 29.6 Å². The van der Waals surface area contributed by atoms with Crippen molar-refractivity contribution in [2.24, 2.45) is 47.3 Å². The molecular weight excluding hydrogens is 497 g/mol. The van der Waals surface area contributed by atoms with Gasteiger partial charge in [0.15, 0.2) is 0 Å². The van der Waals surface area contributed by atoms with Gasteiger partial charge in [0.1, 0.15) is 13.5 Å². The van der Waals surface area contributed by atoms with Crippen LogP contribution in [0.1, 0.15) is 0 Å². The van der Waals surface area contributed by atoms with Crippen molar-refractivity contribution in [2.45, 2.75) is 0 Å². The molecule has 2 bridgehead atoms. The molecule has 6 rings (SSSR count). The molecule has 2 saturated heterocycles. The summed E-state index contributed by atoms with van der Waals surface area (Å²) in [6.07, 6.45) is 3.44. The van der Waals surface area contributed by atoms with Crippen molar-refractivity contribution in [3.05, 3.63) is 12.2 Å². The molecule has 2 heterocycles. The molecule has 0 aromatic rings. The fourth-order valence-electron chi connectivity index (χ4n) is 6.24. The van der Waals surface area contributed by atoms with Crippen LogP contribution in [0.4, 0.5) is 0 Å². The summed E-state index contributed by atoms with van der Waals surface area (Å²) in [7, 11) is -10.1. The molecule has 2 saturated carbocycles. The zero-order chi connectivity index (χ0) is 23.3. The Morgan fingerprint density at radius 1 is 0.758 bits per heavy atom. The summed E-state index contributed by atoms with van der Waals surface area (Å²) in [6, 6.07) is 0. The number of fused-ring (bicyclic) bond motifs is 1. The number of hydrogen-bond donors (Lipinski definition) is 3. The van der Waals surface area contributed by atoms with E-state index in [4.69, 9.17) is 14.7 Å². The van der Waals surface area contributed by atoms with E-state index in [1.165, 1.54) is 0 Å². The van der Waals surface area contributed by atoms with Crippen molar-refractivity contribution < 1.29 is 86.5 Å². The van der Waals surface area contributed by atoms with E-state index in [9.17, 15) is 33.2 Å². The molecule has 0 aromatic heterocycles. The van der Waals surface area contributed by atoms with Crippen LogP contribution in [-0.2, 0) is 37.4 Å². The first-order valence-electron chi connectivity index (χ1n) is 9.59. The van der Waals surface area contributed by atoms with Gasteiger partial charge < -0.3 is 19.6 Å². The first-order valence-corrected chi connectivity index (χ1v) is 12.6. The monoisotopic (exact) mass is 514 g/mol. The molecule has 33 heavy (non-hydrogen) atoms. The molecule has 4 aliphatic carbocycles. The van der Waals surface area contributed by atoms with Gasteiger partial charge in [0.2, 0.25) is 23.6 Å². The molecule has 14 nitrogen and oxygen atoms in total. The Balaban J connectivity index is 0.00000259. The third kappa shape index (κ3) is 3.76. The van der Waals surface area contributed by atoms with E-state index in [0.717, 1.165) is 0 Å². The van der Waals surface area contributed by atoms with E-state index in [0.29, 0.717) is 9.80 Å². The van der Waals surface area contributed by atoms with Crippen LogP contribution in [0.3, 0.4) is 0 Å². The standard InChI is InChI=1S/C16H18N2O12P2.Na/c19-13-9-5-1-2-6(10(9)14(20)17(13)3-29-31(23,24)25)8-7(5)11-12(8)16(22)18(15(11)21)4-30-32(26,27)28;/h1-2,5-12H,3-4H2,(H2,23,24,25)(H2,26,27,28);/q;+1/p-1. The van der Waals surface area contributed by atoms with Crippen LogP contribution in [0.15, 0.2) is 12.2 Å². The Morgan fingerprint density at radius 3 is 1.48 bits per heavy atom. The van der Waals surface area contributed by atoms with Crippen LogP contribution in [0.2, 0.25) is 0 Å². The number of amides is 4. The number of allylic oxidation sites excluding steroid dienone is 2. The molecule has 17 heteroatoms. The fourth-order valence-corrected chi connectivity index (χ4v) is 6.77. The number of likely N-dealkylation sites (tertiary alicyclic amines) is 2. The van der Waals surface area contributed by atoms with Gasteiger partial charge in [-0.05, 0) is 23.7 Å². The average Bonchev–Trinajstić information content (AvgIpc) is 3.02. The molecule has 0 spiro atoms. The van der Waals surface area contributed by atoms with Crippen molar-refractivity contribution in [1.29, 1.82) is 0 Å². The van der Waals surface area contributed by atoms with E-state index < -0.39 is 100 Å². The molecule has 9 unspecified atom stereocenters. The second-order valence-corrected chi connectivity index (χ2v) is 10.9. The summed E-state index contributed by atoms with van der Waals surface area (Å²) in [6.45, 7) is -1.86. The van der Waals surface area contributed by atoms with Crippen LogP contribution in [0.5, 0.6) is 0 Å². The average molecular weight is 514 g/mol. The maximum atomic E-state index is 12.9. The Morgan fingerprint density at radius 2 is 1.12 bits per heavy atom. The number of rotatable bonds is 6. The van der Waals surface area contributed by atoms with Gasteiger partial charge in [-0.25, -0.2) is 4.57 Å². The quantitative estimate of drug-likeness (QED) is 0.131. The Bertz CT molecular complexity index is 1010. The van der Waals surface area contributed by atoms with E-state index in [1.807, 2.05) is 0 Å². The zero-order valence-corrected chi connectivity index (χ0v) is 20.8.